The third-order valence-corrected chi connectivity index (χ3v) is 1.84. The van der Waals surface area contributed by atoms with Crippen molar-refractivity contribution in [1.29, 1.82) is 0 Å². The number of rotatable bonds is 3. The molecule has 0 fully saturated rings. The van der Waals surface area contributed by atoms with E-state index in [4.69, 9.17) is 4.74 Å². The number of hydrogen-bond acceptors (Lipinski definition) is 4. The number of ether oxygens (including phenoxy) is 2. The fraction of sp³-hybridized carbons (Fsp3) is 0.273. The molecule has 0 saturated heterocycles. The van der Waals surface area contributed by atoms with E-state index >= 15 is 0 Å². The molecule has 0 aliphatic rings. The van der Waals surface area contributed by atoms with Gasteiger partial charge in [0, 0.05) is 0 Å². The summed E-state index contributed by atoms with van der Waals surface area (Å²) in [4.78, 5) is 22.3. The molecule has 5 heteroatoms. The monoisotopic (exact) mass is 223 g/mol. The highest BCUT2D eigenvalue weighted by Gasteiger charge is 2.16. The van der Waals surface area contributed by atoms with E-state index in [1.807, 2.05) is 6.07 Å². The largest absolute Gasteiger partial charge is 0.467 e. The minimum absolute atomic E-state index is 0.414. The van der Waals surface area contributed by atoms with Crippen molar-refractivity contribution in [3.8, 4) is 5.75 Å². The van der Waals surface area contributed by atoms with Gasteiger partial charge in [0.15, 0.2) is 0 Å². The van der Waals surface area contributed by atoms with Crippen LogP contribution >= 0.6 is 0 Å². The van der Waals surface area contributed by atoms with Crippen molar-refractivity contribution in [3.05, 3.63) is 30.3 Å². The molecule has 0 saturated carbocycles. The molecule has 1 aromatic rings. The smallest absolute Gasteiger partial charge is 0.413 e. The number of nitrogens with one attached hydrogen (secondary N) is 1. The fourth-order valence-corrected chi connectivity index (χ4v) is 1.04. The highest BCUT2D eigenvalue weighted by Crippen LogP contribution is 2.08. The highest BCUT2D eigenvalue weighted by atomic mass is 16.6. The number of methoxy groups -OCH3 is 1. The first-order valence-electron chi connectivity index (χ1n) is 4.74. The molecule has 1 N–H and O–H groups in total. The summed E-state index contributed by atoms with van der Waals surface area (Å²) in [6, 6.07) is 7.84. The van der Waals surface area contributed by atoms with Crippen molar-refractivity contribution in [3.63, 3.8) is 0 Å². The van der Waals surface area contributed by atoms with Gasteiger partial charge in [-0.25, -0.2) is 9.59 Å². The SMILES string of the molecule is COC(=O)C(C)NC(=O)Oc1ccccc1. The van der Waals surface area contributed by atoms with Gasteiger partial charge in [0.05, 0.1) is 7.11 Å². The Bertz CT molecular complexity index is 364. The van der Waals surface area contributed by atoms with Crippen molar-refractivity contribution in [2.45, 2.75) is 13.0 Å². The quantitative estimate of drug-likeness (QED) is 0.785. The average molecular weight is 223 g/mol. The van der Waals surface area contributed by atoms with Gasteiger partial charge in [-0.1, -0.05) is 18.2 Å². The average Bonchev–Trinajstić information content (AvgIpc) is 2.29. The first-order valence-corrected chi connectivity index (χ1v) is 4.74. The zero-order chi connectivity index (χ0) is 12.0. The minimum Gasteiger partial charge on any atom is -0.467 e. The van der Waals surface area contributed by atoms with Crippen molar-refractivity contribution < 1.29 is 19.1 Å². The predicted molar refractivity (Wildman–Crippen MR) is 57.1 cm³/mol. The van der Waals surface area contributed by atoms with Crippen LogP contribution in [-0.4, -0.2) is 25.2 Å². The molecule has 16 heavy (non-hydrogen) atoms. The number of amides is 1. The number of carbonyl (C=O) groups excluding carboxylic acids is 2. The van der Waals surface area contributed by atoms with Gasteiger partial charge in [-0.3, -0.25) is 0 Å². The summed E-state index contributed by atoms with van der Waals surface area (Å²) >= 11 is 0. The Labute approximate surface area is 93.4 Å². The molecule has 5 nitrogen and oxygen atoms in total. The van der Waals surface area contributed by atoms with Gasteiger partial charge in [-0.15, -0.1) is 0 Å². The van der Waals surface area contributed by atoms with Crippen LogP contribution < -0.4 is 10.1 Å². The molecule has 1 rings (SSSR count). The first-order chi connectivity index (χ1) is 7.63. The van der Waals surface area contributed by atoms with Gasteiger partial charge in [-0.05, 0) is 19.1 Å². The van der Waals surface area contributed by atoms with E-state index < -0.39 is 18.1 Å². The number of hydrogen-bond donors (Lipinski definition) is 1. The van der Waals surface area contributed by atoms with Crippen LogP contribution in [0, 0.1) is 0 Å². The molecule has 1 amide bonds. The Hall–Kier alpha value is -2.04. The summed E-state index contributed by atoms with van der Waals surface area (Å²) in [5, 5.41) is 2.34. The highest BCUT2D eigenvalue weighted by molar-refractivity contribution is 5.81. The van der Waals surface area contributed by atoms with Crippen molar-refractivity contribution in [1.82, 2.24) is 5.32 Å². The van der Waals surface area contributed by atoms with Crippen LogP contribution in [0.4, 0.5) is 4.79 Å². The zero-order valence-corrected chi connectivity index (χ0v) is 9.10. The first kappa shape index (κ1) is 12.0. The van der Waals surface area contributed by atoms with E-state index in [-0.39, 0.29) is 0 Å². The van der Waals surface area contributed by atoms with Crippen LogP contribution in [0.3, 0.4) is 0 Å². The molecule has 0 aromatic heterocycles. The Morgan fingerprint density at radius 2 is 1.88 bits per heavy atom. The molecule has 0 bridgehead atoms. The van der Waals surface area contributed by atoms with Crippen LogP contribution in [0.5, 0.6) is 5.75 Å². The Balaban J connectivity index is 2.45. The number of esters is 1. The van der Waals surface area contributed by atoms with Crippen LogP contribution in [-0.2, 0) is 9.53 Å². The molecule has 1 unspecified atom stereocenters. The van der Waals surface area contributed by atoms with Crippen LogP contribution in [0.1, 0.15) is 6.92 Å². The minimum atomic E-state index is -0.735. The van der Waals surface area contributed by atoms with E-state index in [0.717, 1.165) is 0 Å². The summed E-state index contributed by atoms with van der Waals surface area (Å²) < 4.78 is 9.38. The molecule has 0 aliphatic carbocycles. The molecule has 0 radical (unpaired) electrons. The molecule has 86 valence electrons. The lowest BCUT2D eigenvalue weighted by Crippen LogP contribution is -2.40. The van der Waals surface area contributed by atoms with Gasteiger partial charge in [-0.2, -0.15) is 0 Å². The Morgan fingerprint density at radius 3 is 2.44 bits per heavy atom. The van der Waals surface area contributed by atoms with Crippen molar-refractivity contribution >= 4 is 12.1 Å². The van der Waals surface area contributed by atoms with Gasteiger partial charge in [0.25, 0.3) is 0 Å². The second kappa shape index (κ2) is 5.75. The van der Waals surface area contributed by atoms with Gasteiger partial charge in [0.1, 0.15) is 11.8 Å². The Morgan fingerprint density at radius 1 is 1.25 bits per heavy atom. The van der Waals surface area contributed by atoms with Crippen LogP contribution in [0.25, 0.3) is 0 Å². The lowest BCUT2D eigenvalue weighted by molar-refractivity contribution is -0.142. The summed E-state index contributed by atoms with van der Waals surface area (Å²) in [7, 11) is 1.25. The molecular weight excluding hydrogens is 210 g/mol. The summed E-state index contributed by atoms with van der Waals surface area (Å²) in [6.45, 7) is 1.51. The van der Waals surface area contributed by atoms with E-state index in [9.17, 15) is 9.59 Å². The van der Waals surface area contributed by atoms with Crippen LogP contribution in [0.15, 0.2) is 30.3 Å². The second-order valence-corrected chi connectivity index (χ2v) is 3.09. The summed E-state index contributed by atoms with van der Waals surface area (Å²) in [6.07, 6.45) is -0.691. The third-order valence-electron chi connectivity index (χ3n) is 1.84. The summed E-state index contributed by atoms with van der Waals surface area (Å²) in [5.74, 6) is -0.109. The van der Waals surface area contributed by atoms with Gasteiger partial charge >= 0.3 is 12.1 Å². The van der Waals surface area contributed by atoms with E-state index in [1.165, 1.54) is 14.0 Å². The third kappa shape index (κ3) is 3.61. The standard InChI is InChI=1S/C11H13NO4/c1-8(10(13)15-2)12-11(14)16-9-6-4-3-5-7-9/h3-8H,1-2H3,(H,12,14). The Kier molecular flexibility index (Phi) is 4.32. The summed E-state index contributed by atoms with van der Waals surface area (Å²) in [5.41, 5.74) is 0. The van der Waals surface area contributed by atoms with E-state index in [0.29, 0.717) is 5.75 Å². The number of carbonyl (C=O) groups is 2. The number of para-hydroxylation sites is 1. The molecule has 1 atom stereocenters. The topological polar surface area (TPSA) is 64.6 Å². The van der Waals surface area contributed by atoms with Gasteiger partial charge < -0.3 is 14.8 Å². The predicted octanol–water partition coefficient (Wildman–Crippen LogP) is 1.34. The fourth-order valence-electron chi connectivity index (χ4n) is 1.04. The van der Waals surface area contributed by atoms with Crippen molar-refractivity contribution in [2.75, 3.05) is 7.11 Å². The number of benzene rings is 1. The van der Waals surface area contributed by atoms with Crippen molar-refractivity contribution in [2.24, 2.45) is 0 Å². The maximum absolute atomic E-state index is 11.3. The molecular formula is C11H13NO4. The van der Waals surface area contributed by atoms with Crippen LogP contribution in [0.2, 0.25) is 0 Å². The maximum Gasteiger partial charge on any atom is 0.413 e. The van der Waals surface area contributed by atoms with Gasteiger partial charge in [0.2, 0.25) is 0 Å². The lowest BCUT2D eigenvalue weighted by atomic mass is 10.3. The maximum atomic E-state index is 11.3. The normalized spacial score (nSPS) is 11.4. The van der Waals surface area contributed by atoms with E-state index in [1.54, 1.807) is 24.3 Å². The molecule has 0 heterocycles. The zero-order valence-electron chi connectivity index (χ0n) is 9.10. The second-order valence-electron chi connectivity index (χ2n) is 3.09. The molecule has 0 aliphatic heterocycles. The van der Waals surface area contributed by atoms with E-state index in [2.05, 4.69) is 10.1 Å². The molecule has 1 aromatic carbocycles. The molecule has 0 spiro atoms. The lowest BCUT2D eigenvalue weighted by Gasteiger charge is -2.11.